The van der Waals surface area contributed by atoms with Crippen molar-refractivity contribution in [1.29, 1.82) is 0 Å². The summed E-state index contributed by atoms with van der Waals surface area (Å²) in [6, 6.07) is 5.84. The summed E-state index contributed by atoms with van der Waals surface area (Å²) in [6.45, 7) is 1.23. The second kappa shape index (κ2) is 6.71. The van der Waals surface area contributed by atoms with Gasteiger partial charge in [-0.25, -0.2) is 0 Å². The molecule has 0 radical (unpaired) electrons. The molecule has 0 unspecified atom stereocenters. The van der Waals surface area contributed by atoms with Gasteiger partial charge in [-0.05, 0) is 43.0 Å². The predicted octanol–water partition coefficient (Wildman–Crippen LogP) is 3.23. The highest BCUT2D eigenvalue weighted by Gasteiger charge is 2.26. The van der Waals surface area contributed by atoms with Crippen molar-refractivity contribution in [3.05, 3.63) is 34.5 Å². The summed E-state index contributed by atoms with van der Waals surface area (Å²) in [6.07, 6.45) is 4.06. The minimum atomic E-state index is -0.217. The van der Waals surface area contributed by atoms with E-state index in [2.05, 4.69) is 4.98 Å². The Hall–Kier alpha value is -2.01. The normalized spacial score (nSPS) is 20.1. The lowest BCUT2D eigenvalue weighted by Crippen LogP contribution is -2.30. The van der Waals surface area contributed by atoms with Crippen LogP contribution in [0.1, 0.15) is 36.9 Å². The molecule has 2 aliphatic rings. The Bertz CT molecular complexity index is 829. The third-order valence-corrected chi connectivity index (χ3v) is 5.40. The maximum atomic E-state index is 12.2. The van der Waals surface area contributed by atoms with Gasteiger partial charge in [0, 0.05) is 47.6 Å². The van der Waals surface area contributed by atoms with Gasteiger partial charge in [-0.1, -0.05) is 11.6 Å². The lowest BCUT2D eigenvalue weighted by Gasteiger charge is -2.23. The van der Waals surface area contributed by atoms with Crippen molar-refractivity contribution in [2.75, 3.05) is 13.1 Å². The van der Waals surface area contributed by atoms with Crippen LogP contribution in [0.3, 0.4) is 0 Å². The van der Waals surface area contributed by atoms with Gasteiger partial charge >= 0.3 is 5.97 Å². The number of esters is 1. The molecule has 2 heterocycles. The lowest BCUT2D eigenvalue weighted by molar-refractivity contribution is -0.150. The van der Waals surface area contributed by atoms with Gasteiger partial charge in [-0.3, -0.25) is 9.59 Å². The average Bonchev–Trinajstić information content (AvgIpc) is 3.16. The van der Waals surface area contributed by atoms with E-state index in [9.17, 15) is 9.59 Å². The Morgan fingerprint density at radius 2 is 2.24 bits per heavy atom. The van der Waals surface area contributed by atoms with Crippen molar-refractivity contribution in [3.63, 3.8) is 0 Å². The van der Waals surface area contributed by atoms with E-state index < -0.39 is 0 Å². The molecule has 0 spiro atoms. The van der Waals surface area contributed by atoms with Crippen LogP contribution < -0.4 is 0 Å². The van der Waals surface area contributed by atoms with Gasteiger partial charge in [0.1, 0.15) is 6.10 Å². The van der Waals surface area contributed by atoms with E-state index in [4.69, 9.17) is 16.3 Å². The molecule has 1 N–H and O–H groups in total. The molecule has 1 aromatic carbocycles. The molecule has 1 aliphatic heterocycles. The fourth-order valence-electron chi connectivity index (χ4n) is 3.87. The number of nitrogens with one attached hydrogen (secondary N) is 1. The molecular weight excluding hydrogens is 340 g/mol. The smallest absolute Gasteiger partial charge is 0.307 e. The standard InChI is InChI=1S/C19H21ClN2O3/c20-12-3-5-16-14(10-12)15-11-13(4-6-17(15)21-16)25-19(24)7-9-22-8-1-2-18(22)23/h3,5,10,13,21H,1-2,4,6-9,11H2/t13-/m1/s1. The van der Waals surface area contributed by atoms with Crippen LogP contribution in [0.4, 0.5) is 0 Å². The summed E-state index contributed by atoms with van der Waals surface area (Å²) < 4.78 is 5.67. The molecule has 0 saturated carbocycles. The maximum Gasteiger partial charge on any atom is 0.307 e. The Morgan fingerprint density at radius 1 is 1.36 bits per heavy atom. The molecule has 6 heteroatoms. The fourth-order valence-corrected chi connectivity index (χ4v) is 4.04. The van der Waals surface area contributed by atoms with E-state index in [1.165, 1.54) is 11.3 Å². The van der Waals surface area contributed by atoms with Gasteiger partial charge in [-0.15, -0.1) is 0 Å². The number of likely N-dealkylation sites (tertiary alicyclic amines) is 1. The first kappa shape index (κ1) is 16.5. The summed E-state index contributed by atoms with van der Waals surface area (Å²) in [4.78, 5) is 28.9. The molecule has 1 atom stereocenters. The van der Waals surface area contributed by atoms with E-state index in [-0.39, 0.29) is 24.4 Å². The van der Waals surface area contributed by atoms with E-state index in [0.29, 0.717) is 24.4 Å². The molecule has 1 amide bonds. The van der Waals surface area contributed by atoms with Gasteiger partial charge in [0.2, 0.25) is 5.91 Å². The number of nitrogens with zero attached hydrogens (tertiary/aromatic N) is 1. The van der Waals surface area contributed by atoms with Gasteiger partial charge in [0.25, 0.3) is 0 Å². The Morgan fingerprint density at radius 3 is 3.04 bits per heavy atom. The first-order valence-electron chi connectivity index (χ1n) is 8.86. The molecule has 25 heavy (non-hydrogen) atoms. The van der Waals surface area contributed by atoms with Gasteiger partial charge in [-0.2, -0.15) is 0 Å². The molecule has 1 fully saturated rings. The largest absolute Gasteiger partial charge is 0.462 e. The fraction of sp³-hybridized carbons (Fsp3) is 0.474. The number of carbonyl (C=O) groups is 2. The Labute approximate surface area is 151 Å². The highest BCUT2D eigenvalue weighted by molar-refractivity contribution is 6.31. The number of amides is 1. The second-order valence-electron chi connectivity index (χ2n) is 6.86. The molecule has 132 valence electrons. The molecule has 0 bridgehead atoms. The monoisotopic (exact) mass is 360 g/mol. The van der Waals surface area contributed by atoms with E-state index in [1.807, 2.05) is 18.2 Å². The van der Waals surface area contributed by atoms with E-state index in [1.54, 1.807) is 4.90 Å². The average molecular weight is 361 g/mol. The molecular formula is C19H21ClN2O3. The highest BCUT2D eigenvalue weighted by atomic mass is 35.5. The van der Waals surface area contributed by atoms with Crippen LogP contribution in [0.2, 0.25) is 5.02 Å². The number of H-pyrrole nitrogens is 1. The number of hydrogen-bond acceptors (Lipinski definition) is 3. The van der Waals surface area contributed by atoms with Crippen LogP contribution in [-0.4, -0.2) is 41.0 Å². The number of carbonyl (C=O) groups excluding carboxylic acids is 2. The third-order valence-electron chi connectivity index (χ3n) is 5.16. The minimum absolute atomic E-state index is 0.104. The van der Waals surface area contributed by atoms with Gasteiger partial charge < -0.3 is 14.6 Å². The summed E-state index contributed by atoms with van der Waals surface area (Å²) in [5, 5.41) is 1.83. The predicted molar refractivity (Wildman–Crippen MR) is 95.6 cm³/mol. The van der Waals surface area contributed by atoms with Crippen LogP contribution in [0.25, 0.3) is 10.9 Å². The number of hydrogen-bond donors (Lipinski definition) is 1. The molecule has 5 nitrogen and oxygen atoms in total. The number of ether oxygens (including phenoxy) is 1. The zero-order chi connectivity index (χ0) is 17.4. The first-order chi connectivity index (χ1) is 12.1. The quantitative estimate of drug-likeness (QED) is 0.851. The van der Waals surface area contributed by atoms with Crippen molar-refractivity contribution in [2.24, 2.45) is 0 Å². The van der Waals surface area contributed by atoms with Crippen molar-refractivity contribution in [3.8, 4) is 0 Å². The van der Waals surface area contributed by atoms with Crippen LogP contribution in [0.15, 0.2) is 18.2 Å². The zero-order valence-corrected chi connectivity index (χ0v) is 14.8. The van der Waals surface area contributed by atoms with Crippen LogP contribution >= 0.6 is 11.6 Å². The summed E-state index contributed by atoms with van der Waals surface area (Å²) in [5.74, 6) is -0.0724. The number of aromatic amines is 1. The van der Waals surface area contributed by atoms with Crippen LogP contribution in [0.5, 0.6) is 0 Å². The highest BCUT2D eigenvalue weighted by Crippen LogP contribution is 2.32. The van der Waals surface area contributed by atoms with Crippen molar-refractivity contribution < 1.29 is 14.3 Å². The van der Waals surface area contributed by atoms with Crippen LogP contribution in [-0.2, 0) is 27.2 Å². The molecule has 1 aromatic heterocycles. The second-order valence-corrected chi connectivity index (χ2v) is 7.30. The number of benzene rings is 1. The molecule has 1 aliphatic carbocycles. The number of halogens is 1. The maximum absolute atomic E-state index is 12.2. The number of fused-ring (bicyclic) bond motifs is 3. The van der Waals surface area contributed by atoms with Gasteiger partial charge in [0.05, 0.1) is 6.42 Å². The van der Waals surface area contributed by atoms with Crippen molar-refractivity contribution >= 4 is 34.4 Å². The van der Waals surface area contributed by atoms with E-state index in [0.717, 1.165) is 36.7 Å². The summed E-state index contributed by atoms with van der Waals surface area (Å²) >= 11 is 6.12. The number of rotatable bonds is 4. The molecule has 2 aromatic rings. The number of aryl methyl sites for hydroxylation is 1. The van der Waals surface area contributed by atoms with Crippen molar-refractivity contribution in [1.82, 2.24) is 9.88 Å². The molecule has 1 saturated heterocycles. The van der Waals surface area contributed by atoms with Gasteiger partial charge in [0.15, 0.2) is 0 Å². The van der Waals surface area contributed by atoms with Crippen molar-refractivity contribution in [2.45, 2.75) is 44.6 Å². The topological polar surface area (TPSA) is 62.4 Å². The SMILES string of the molecule is O=C(CCN1CCCC1=O)O[C@@H]1CCc2[nH]c3ccc(Cl)cc3c2C1. The summed E-state index contributed by atoms with van der Waals surface area (Å²) in [5.41, 5.74) is 3.50. The Kier molecular flexibility index (Phi) is 4.42. The van der Waals surface area contributed by atoms with Crippen LogP contribution in [0, 0.1) is 0 Å². The zero-order valence-electron chi connectivity index (χ0n) is 14.0. The minimum Gasteiger partial charge on any atom is -0.462 e. The Balaban J connectivity index is 1.38. The molecule has 4 rings (SSSR count). The first-order valence-corrected chi connectivity index (χ1v) is 9.24. The third kappa shape index (κ3) is 3.38. The van der Waals surface area contributed by atoms with E-state index >= 15 is 0 Å². The lowest BCUT2D eigenvalue weighted by atomic mass is 9.93. The number of aromatic nitrogens is 1. The summed E-state index contributed by atoms with van der Waals surface area (Å²) in [7, 11) is 0.